The summed E-state index contributed by atoms with van der Waals surface area (Å²) in [7, 11) is 0. The van der Waals surface area contributed by atoms with Crippen LogP contribution in [0.4, 0.5) is 0 Å². The van der Waals surface area contributed by atoms with Crippen LogP contribution in [0, 0.1) is 11.3 Å². The molecule has 5 nitrogen and oxygen atoms in total. The number of carbonyl (C=O) groups is 1. The highest BCUT2D eigenvalue weighted by molar-refractivity contribution is 5.72. The maximum Gasteiger partial charge on any atom is 0.334 e. The number of benzene rings is 1. The molecule has 0 bridgehead atoms. The minimum atomic E-state index is -0.952. The van der Waals surface area contributed by atoms with E-state index in [1.807, 2.05) is 4.90 Å². The summed E-state index contributed by atoms with van der Waals surface area (Å²) in [5.74, 6) is -0.952. The van der Waals surface area contributed by atoms with Crippen molar-refractivity contribution in [1.29, 1.82) is 5.26 Å². The monoisotopic (exact) mass is 328 g/mol. The van der Waals surface area contributed by atoms with Gasteiger partial charge in [-0.15, -0.1) is 0 Å². The maximum absolute atomic E-state index is 11.2. The van der Waals surface area contributed by atoms with Gasteiger partial charge in [-0.1, -0.05) is 18.2 Å². The molecule has 0 aromatic heterocycles. The molecular weight excluding hydrogens is 304 g/mol. The molecule has 2 aliphatic rings. The minimum Gasteiger partial charge on any atom is -0.479 e. The van der Waals surface area contributed by atoms with Crippen LogP contribution in [-0.4, -0.2) is 47.8 Å². The first-order valence-corrected chi connectivity index (χ1v) is 8.76. The largest absolute Gasteiger partial charge is 0.479 e. The van der Waals surface area contributed by atoms with E-state index in [4.69, 9.17) is 4.74 Å². The molecule has 1 unspecified atom stereocenters. The van der Waals surface area contributed by atoms with Crippen LogP contribution in [0.1, 0.15) is 36.0 Å². The number of carboxylic acid groups (broad SMARTS) is 1. The van der Waals surface area contributed by atoms with Gasteiger partial charge in [0.05, 0.1) is 6.07 Å². The van der Waals surface area contributed by atoms with Crippen molar-refractivity contribution in [2.45, 2.75) is 50.7 Å². The second-order valence-electron chi connectivity index (χ2n) is 6.71. The Bertz CT molecular complexity index is 638. The van der Waals surface area contributed by atoms with E-state index in [0.717, 1.165) is 19.3 Å². The highest BCUT2D eigenvalue weighted by Crippen LogP contribution is 2.23. The standard InChI is InChI=1S/C19H24N2O3/c20-12-17(21-8-3-9-24-18(13-21)19(22)23)11-14-6-7-15-4-1-2-5-16(15)10-14/h6-7,10,17-18H,1-5,8-9,11,13H2,(H,22,23)/t17?,18-/m0/s1. The fraction of sp³-hybridized carbons (Fsp3) is 0.579. The average Bonchev–Trinajstić information content (AvgIpc) is 2.86. The van der Waals surface area contributed by atoms with E-state index in [2.05, 4.69) is 24.3 Å². The van der Waals surface area contributed by atoms with E-state index in [1.165, 1.54) is 29.5 Å². The lowest BCUT2D eigenvalue weighted by atomic mass is 9.89. The normalized spacial score (nSPS) is 22.9. The number of aryl methyl sites for hydroxylation is 2. The average molecular weight is 328 g/mol. The predicted molar refractivity (Wildman–Crippen MR) is 89.8 cm³/mol. The molecule has 2 atom stereocenters. The second kappa shape index (κ2) is 7.78. The minimum absolute atomic E-state index is 0.276. The number of rotatable bonds is 4. The molecule has 0 saturated carbocycles. The number of hydrogen-bond donors (Lipinski definition) is 1. The molecule has 0 spiro atoms. The predicted octanol–water partition coefficient (Wildman–Crippen LogP) is 2.18. The molecule has 1 aromatic rings. The van der Waals surface area contributed by atoms with Gasteiger partial charge in [0.2, 0.25) is 0 Å². The number of ether oxygens (including phenoxy) is 1. The van der Waals surface area contributed by atoms with Crippen LogP contribution < -0.4 is 0 Å². The molecule has 5 heteroatoms. The van der Waals surface area contributed by atoms with E-state index < -0.39 is 12.1 Å². The molecule has 128 valence electrons. The van der Waals surface area contributed by atoms with E-state index in [9.17, 15) is 15.2 Å². The Hall–Kier alpha value is -1.90. The van der Waals surface area contributed by atoms with Gasteiger partial charge in [-0.25, -0.2) is 4.79 Å². The first-order valence-electron chi connectivity index (χ1n) is 8.76. The van der Waals surface area contributed by atoms with Crippen LogP contribution in [-0.2, 0) is 28.8 Å². The number of nitriles is 1. The molecule has 0 radical (unpaired) electrons. The highest BCUT2D eigenvalue weighted by atomic mass is 16.5. The van der Waals surface area contributed by atoms with E-state index >= 15 is 0 Å². The molecule has 1 aliphatic heterocycles. The first-order chi connectivity index (χ1) is 11.7. The van der Waals surface area contributed by atoms with Gasteiger partial charge in [-0.05, 0) is 48.8 Å². The number of aliphatic carboxylic acids is 1. The van der Waals surface area contributed by atoms with Crippen molar-refractivity contribution in [2.75, 3.05) is 19.7 Å². The van der Waals surface area contributed by atoms with Gasteiger partial charge in [0.1, 0.15) is 6.04 Å². The summed E-state index contributed by atoms with van der Waals surface area (Å²) in [6.07, 6.45) is 5.33. The van der Waals surface area contributed by atoms with Gasteiger partial charge in [0, 0.05) is 26.1 Å². The summed E-state index contributed by atoms with van der Waals surface area (Å²) < 4.78 is 5.36. The smallest absolute Gasteiger partial charge is 0.334 e. The molecule has 1 aliphatic carbocycles. The van der Waals surface area contributed by atoms with Crippen molar-refractivity contribution >= 4 is 5.97 Å². The number of carboxylic acids is 1. The van der Waals surface area contributed by atoms with Crippen molar-refractivity contribution < 1.29 is 14.6 Å². The topological polar surface area (TPSA) is 73.6 Å². The molecule has 1 N–H and O–H groups in total. The molecule has 3 rings (SSSR count). The third-order valence-corrected chi connectivity index (χ3v) is 5.02. The number of fused-ring (bicyclic) bond motifs is 1. The summed E-state index contributed by atoms with van der Waals surface area (Å²) in [4.78, 5) is 13.2. The SMILES string of the molecule is N#CC(Cc1ccc2c(c1)CCCC2)N1CCCO[C@H](C(=O)O)C1. The van der Waals surface area contributed by atoms with Crippen LogP contribution in [0.25, 0.3) is 0 Å². The fourth-order valence-electron chi connectivity index (χ4n) is 3.68. The van der Waals surface area contributed by atoms with Crippen LogP contribution in [0.2, 0.25) is 0 Å². The van der Waals surface area contributed by atoms with Crippen molar-refractivity contribution in [3.05, 3.63) is 34.9 Å². The van der Waals surface area contributed by atoms with Crippen LogP contribution in [0.15, 0.2) is 18.2 Å². The third kappa shape index (κ3) is 3.95. The molecule has 1 heterocycles. The molecule has 24 heavy (non-hydrogen) atoms. The van der Waals surface area contributed by atoms with Crippen molar-refractivity contribution in [1.82, 2.24) is 4.90 Å². The molecular formula is C19H24N2O3. The Kier molecular flexibility index (Phi) is 5.49. The Labute approximate surface area is 142 Å². The Morgan fingerprint density at radius 1 is 1.33 bits per heavy atom. The fourth-order valence-corrected chi connectivity index (χ4v) is 3.68. The summed E-state index contributed by atoms with van der Waals surface area (Å²) in [6, 6.07) is 8.61. The van der Waals surface area contributed by atoms with E-state index in [0.29, 0.717) is 19.6 Å². The maximum atomic E-state index is 11.2. The Morgan fingerprint density at radius 3 is 2.88 bits per heavy atom. The van der Waals surface area contributed by atoms with Gasteiger partial charge in [-0.2, -0.15) is 5.26 Å². The zero-order chi connectivity index (χ0) is 16.9. The van der Waals surface area contributed by atoms with Gasteiger partial charge in [0.15, 0.2) is 6.10 Å². The van der Waals surface area contributed by atoms with E-state index in [1.54, 1.807) is 0 Å². The summed E-state index contributed by atoms with van der Waals surface area (Å²) in [5.41, 5.74) is 4.02. The van der Waals surface area contributed by atoms with Gasteiger partial charge in [-0.3, -0.25) is 4.90 Å². The molecule has 1 aromatic carbocycles. The number of hydrogen-bond acceptors (Lipinski definition) is 4. The van der Waals surface area contributed by atoms with Crippen molar-refractivity contribution in [3.8, 4) is 6.07 Å². The van der Waals surface area contributed by atoms with Gasteiger partial charge < -0.3 is 9.84 Å². The van der Waals surface area contributed by atoms with Gasteiger partial charge >= 0.3 is 5.97 Å². The summed E-state index contributed by atoms with van der Waals surface area (Å²) in [5, 5.41) is 18.8. The first kappa shape index (κ1) is 16.9. The molecule has 0 amide bonds. The van der Waals surface area contributed by atoms with E-state index in [-0.39, 0.29) is 12.6 Å². The van der Waals surface area contributed by atoms with Crippen LogP contribution in [0.5, 0.6) is 0 Å². The lowest BCUT2D eigenvalue weighted by molar-refractivity contribution is -0.150. The van der Waals surface area contributed by atoms with Gasteiger partial charge in [0.25, 0.3) is 0 Å². The van der Waals surface area contributed by atoms with Crippen LogP contribution >= 0.6 is 0 Å². The van der Waals surface area contributed by atoms with Crippen LogP contribution in [0.3, 0.4) is 0 Å². The second-order valence-corrected chi connectivity index (χ2v) is 6.71. The molecule has 1 saturated heterocycles. The number of nitrogens with zero attached hydrogens (tertiary/aromatic N) is 2. The highest BCUT2D eigenvalue weighted by Gasteiger charge is 2.29. The quantitative estimate of drug-likeness (QED) is 0.917. The zero-order valence-corrected chi connectivity index (χ0v) is 13.9. The third-order valence-electron chi connectivity index (χ3n) is 5.02. The molecule has 1 fully saturated rings. The lowest BCUT2D eigenvalue weighted by Gasteiger charge is -2.27. The Balaban J connectivity index is 1.72. The van der Waals surface area contributed by atoms with Crippen molar-refractivity contribution in [3.63, 3.8) is 0 Å². The lowest BCUT2D eigenvalue weighted by Crippen LogP contribution is -2.43. The zero-order valence-electron chi connectivity index (χ0n) is 13.9. The van der Waals surface area contributed by atoms with Crippen molar-refractivity contribution in [2.24, 2.45) is 0 Å². The summed E-state index contributed by atoms with van der Waals surface area (Å²) >= 11 is 0. The summed E-state index contributed by atoms with van der Waals surface area (Å²) in [6.45, 7) is 1.41. The Morgan fingerprint density at radius 2 is 2.12 bits per heavy atom.